The summed E-state index contributed by atoms with van der Waals surface area (Å²) in [5.74, 6) is 2.50. The molecule has 70 valence electrons. The molecule has 0 spiro atoms. The molecule has 0 saturated heterocycles. The summed E-state index contributed by atoms with van der Waals surface area (Å²) in [6, 6.07) is 10.4. The van der Waals surface area contributed by atoms with E-state index in [2.05, 4.69) is 36.3 Å². The molecule has 1 aliphatic carbocycles. The number of allylic oxidation sites excluding steroid dienone is 4. The van der Waals surface area contributed by atoms with E-state index in [1.807, 2.05) is 18.2 Å². The molecule has 1 aliphatic rings. The van der Waals surface area contributed by atoms with Crippen molar-refractivity contribution >= 4 is 19.5 Å². The average Bonchev–Trinajstić information content (AvgIpc) is 2.31. The first-order chi connectivity index (χ1) is 7.40. The van der Waals surface area contributed by atoms with E-state index in [-0.39, 0.29) is 9.13 Å². The largest absolute Gasteiger partial charge is 0.0623 e. The first-order valence-corrected chi connectivity index (χ1v) is 6.01. The molecule has 0 heterocycles. The van der Waals surface area contributed by atoms with E-state index in [0.29, 0.717) is 0 Å². The molecule has 15 heavy (non-hydrogen) atoms. The summed E-state index contributed by atoms with van der Waals surface area (Å²) in [5.41, 5.74) is 0.938. The SMILES string of the molecule is [C]#CC1=CC=[C]CC1=[SiH]c1ccccc1. The van der Waals surface area contributed by atoms with Crippen LogP contribution in [0.25, 0.3) is 0 Å². The Bertz CT molecular complexity index is 470. The zero-order valence-corrected chi connectivity index (χ0v) is 9.48. The third-order valence-electron chi connectivity index (χ3n) is 2.28. The van der Waals surface area contributed by atoms with E-state index in [4.69, 9.17) is 6.42 Å². The van der Waals surface area contributed by atoms with Crippen LogP contribution in [0.3, 0.4) is 0 Å². The van der Waals surface area contributed by atoms with Crippen LogP contribution in [0.5, 0.6) is 0 Å². The standard InChI is InChI=1S/C14H10Si/c1-2-12-8-6-7-11-14(12)15-13-9-4-3-5-10-13/h3-6,8-10,15H,11H2. The highest BCUT2D eigenvalue weighted by Crippen LogP contribution is 2.05. The van der Waals surface area contributed by atoms with Gasteiger partial charge in [0.05, 0.1) is 0 Å². The number of hydrogen-bond acceptors (Lipinski definition) is 0. The molecule has 2 rings (SSSR count). The van der Waals surface area contributed by atoms with E-state index in [9.17, 15) is 0 Å². The predicted molar refractivity (Wildman–Crippen MR) is 65.9 cm³/mol. The number of benzene rings is 1. The maximum Gasteiger partial charge on any atom is 0.0353 e. The van der Waals surface area contributed by atoms with Crippen LogP contribution in [-0.2, 0) is 0 Å². The van der Waals surface area contributed by atoms with Gasteiger partial charge in [0.25, 0.3) is 0 Å². The van der Waals surface area contributed by atoms with Gasteiger partial charge in [-0.25, -0.2) is 0 Å². The Hall–Kier alpha value is -1.65. The first kappa shape index (κ1) is 9.89. The summed E-state index contributed by atoms with van der Waals surface area (Å²) in [6.45, 7) is 0. The minimum atomic E-state index is 0.0960. The van der Waals surface area contributed by atoms with Crippen molar-refractivity contribution in [3.05, 3.63) is 60.6 Å². The minimum absolute atomic E-state index is 0.0960. The Morgan fingerprint density at radius 3 is 2.80 bits per heavy atom. The van der Waals surface area contributed by atoms with Crippen molar-refractivity contribution < 1.29 is 0 Å². The first-order valence-electron chi connectivity index (χ1n) is 4.86. The molecule has 0 nitrogen and oxygen atoms in total. The van der Waals surface area contributed by atoms with E-state index in [1.165, 1.54) is 10.4 Å². The molecule has 0 aromatic heterocycles. The van der Waals surface area contributed by atoms with Crippen molar-refractivity contribution in [2.75, 3.05) is 0 Å². The molecule has 1 heteroatoms. The summed E-state index contributed by atoms with van der Waals surface area (Å²) >= 11 is 0. The van der Waals surface area contributed by atoms with Gasteiger partial charge in [0.15, 0.2) is 0 Å². The molecule has 0 amide bonds. The Balaban J connectivity index is 2.33. The van der Waals surface area contributed by atoms with Gasteiger partial charge in [-0.2, -0.15) is 0 Å². The topological polar surface area (TPSA) is 0 Å². The fourth-order valence-electron chi connectivity index (χ4n) is 1.51. The second-order valence-electron chi connectivity index (χ2n) is 3.33. The van der Waals surface area contributed by atoms with Crippen LogP contribution in [-0.4, -0.2) is 14.3 Å². The summed E-state index contributed by atoms with van der Waals surface area (Å²) in [7, 11) is 0.0960. The highest BCUT2D eigenvalue weighted by Gasteiger charge is 2.04. The monoisotopic (exact) mass is 206 g/mol. The Morgan fingerprint density at radius 2 is 2.07 bits per heavy atom. The van der Waals surface area contributed by atoms with Crippen molar-refractivity contribution in [2.45, 2.75) is 6.42 Å². The van der Waals surface area contributed by atoms with E-state index in [0.717, 1.165) is 12.0 Å². The molecule has 0 aliphatic heterocycles. The highest BCUT2D eigenvalue weighted by atomic mass is 28.2. The third kappa shape index (κ3) is 2.43. The summed E-state index contributed by atoms with van der Waals surface area (Å²) in [6.07, 6.45) is 15.0. The van der Waals surface area contributed by atoms with Crippen LogP contribution in [0.4, 0.5) is 0 Å². The Labute approximate surface area is 92.8 Å². The van der Waals surface area contributed by atoms with Gasteiger partial charge in [0.2, 0.25) is 0 Å². The minimum Gasteiger partial charge on any atom is -0.0623 e. The molecular weight excluding hydrogens is 196 g/mol. The molecule has 0 fully saturated rings. The maximum absolute atomic E-state index is 7.22. The lowest BCUT2D eigenvalue weighted by atomic mass is 10.1. The van der Waals surface area contributed by atoms with Gasteiger partial charge < -0.3 is 0 Å². The Kier molecular flexibility index (Phi) is 3.11. The van der Waals surface area contributed by atoms with Gasteiger partial charge in [-0.3, -0.25) is 0 Å². The maximum atomic E-state index is 7.22. The lowest BCUT2D eigenvalue weighted by molar-refractivity contribution is 1.42. The van der Waals surface area contributed by atoms with Crippen LogP contribution < -0.4 is 5.19 Å². The third-order valence-corrected chi connectivity index (χ3v) is 3.86. The molecule has 2 radical (unpaired) electrons. The highest BCUT2D eigenvalue weighted by molar-refractivity contribution is 6.69. The molecule has 0 N–H and O–H groups in total. The van der Waals surface area contributed by atoms with Crippen LogP contribution in [0.1, 0.15) is 6.42 Å². The lowest BCUT2D eigenvalue weighted by Gasteiger charge is -2.07. The van der Waals surface area contributed by atoms with Gasteiger partial charge in [0, 0.05) is 14.7 Å². The second kappa shape index (κ2) is 4.72. The molecule has 1 aromatic rings. The summed E-state index contributed by atoms with van der Waals surface area (Å²) in [5, 5.41) is 2.66. The molecule has 0 saturated carbocycles. The van der Waals surface area contributed by atoms with Gasteiger partial charge in [0.1, 0.15) is 0 Å². The van der Waals surface area contributed by atoms with Crippen molar-refractivity contribution in [2.24, 2.45) is 0 Å². The smallest absolute Gasteiger partial charge is 0.0353 e. The van der Waals surface area contributed by atoms with Gasteiger partial charge in [-0.1, -0.05) is 42.3 Å². The van der Waals surface area contributed by atoms with Crippen LogP contribution in [0, 0.1) is 18.4 Å². The van der Waals surface area contributed by atoms with Crippen molar-refractivity contribution in [3.63, 3.8) is 0 Å². The fourth-order valence-corrected chi connectivity index (χ4v) is 2.88. The van der Waals surface area contributed by atoms with Gasteiger partial charge in [-0.05, 0) is 35.4 Å². The molecule has 1 aromatic carbocycles. The lowest BCUT2D eigenvalue weighted by Crippen LogP contribution is -2.18. The van der Waals surface area contributed by atoms with Crippen molar-refractivity contribution in [1.29, 1.82) is 0 Å². The van der Waals surface area contributed by atoms with E-state index >= 15 is 0 Å². The van der Waals surface area contributed by atoms with Gasteiger partial charge >= 0.3 is 0 Å². The molecule has 0 unspecified atom stereocenters. The quantitative estimate of drug-likeness (QED) is 0.478. The zero-order valence-electron chi connectivity index (χ0n) is 8.33. The van der Waals surface area contributed by atoms with Gasteiger partial charge in [-0.15, -0.1) is 0 Å². The number of rotatable bonds is 1. The molecular formula is C14H10Si. The zero-order chi connectivity index (χ0) is 10.5. The van der Waals surface area contributed by atoms with Crippen LogP contribution in [0.2, 0.25) is 0 Å². The average molecular weight is 206 g/mol. The second-order valence-corrected chi connectivity index (χ2v) is 4.99. The number of hydrogen-bond donors (Lipinski definition) is 0. The molecule has 0 bridgehead atoms. The Morgan fingerprint density at radius 1 is 1.27 bits per heavy atom. The predicted octanol–water partition coefficient (Wildman–Crippen LogP) is 1.20. The van der Waals surface area contributed by atoms with E-state index in [1.54, 1.807) is 0 Å². The fraction of sp³-hybridized carbons (Fsp3) is 0.0714. The van der Waals surface area contributed by atoms with Crippen molar-refractivity contribution in [1.82, 2.24) is 0 Å². The van der Waals surface area contributed by atoms with E-state index < -0.39 is 0 Å². The summed E-state index contributed by atoms with van der Waals surface area (Å²) in [4.78, 5) is 0. The molecule has 0 atom stereocenters. The van der Waals surface area contributed by atoms with Crippen LogP contribution in [0.15, 0.2) is 48.1 Å². The summed E-state index contributed by atoms with van der Waals surface area (Å²) < 4.78 is 0. The normalized spacial score (nSPS) is 17.3. The van der Waals surface area contributed by atoms with Crippen LogP contribution >= 0.6 is 0 Å². The van der Waals surface area contributed by atoms with Crippen molar-refractivity contribution in [3.8, 4) is 5.92 Å².